The van der Waals surface area contributed by atoms with Crippen LogP contribution in [0.5, 0.6) is 0 Å². The van der Waals surface area contributed by atoms with E-state index in [1.807, 2.05) is 6.92 Å². The van der Waals surface area contributed by atoms with E-state index in [0.29, 0.717) is 23.6 Å². The third-order valence-electron chi connectivity index (χ3n) is 4.21. The summed E-state index contributed by atoms with van der Waals surface area (Å²) in [5.74, 6) is -0.883. The molecule has 1 aliphatic rings. The quantitative estimate of drug-likeness (QED) is 0.773. The number of nitrogens with one attached hydrogen (secondary N) is 2. The number of carbonyl (C=O) groups is 3. The normalized spacial score (nSPS) is 17.2. The van der Waals surface area contributed by atoms with Crippen molar-refractivity contribution < 1.29 is 19.1 Å². The fourth-order valence-corrected chi connectivity index (χ4v) is 2.89. The van der Waals surface area contributed by atoms with Crippen LogP contribution in [-0.2, 0) is 14.3 Å². The maximum Gasteiger partial charge on any atom is 0.413 e. The zero-order valence-corrected chi connectivity index (χ0v) is 16.6. The minimum absolute atomic E-state index is 0.0669. The van der Waals surface area contributed by atoms with Crippen molar-refractivity contribution in [3.8, 4) is 0 Å². The van der Waals surface area contributed by atoms with Crippen molar-refractivity contribution in [2.75, 3.05) is 17.2 Å². The van der Waals surface area contributed by atoms with E-state index in [0.717, 1.165) is 19.3 Å². The second-order valence-electron chi connectivity index (χ2n) is 7.81. The molecule has 2 N–H and O–H groups in total. The summed E-state index contributed by atoms with van der Waals surface area (Å²) in [6, 6.07) is 1.71. The number of hydrogen-bond donors (Lipinski definition) is 2. The monoisotopic (exact) mass is 376 g/mol. The van der Waals surface area contributed by atoms with Crippen LogP contribution in [-0.4, -0.2) is 46.0 Å². The smallest absolute Gasteiger partial charge is 0.413 e. The summed E-state index contributed by atoms with van der Waals surface area (Å²) in [5.41, 5.74) is 0.417. The molecule has 27 heavy (non-hydrogen) atoms. The summed E-state index contributed by atoms with van der Waals surface area (Å²) < 4.78 is 5.19. The van der Waals surface area contributed by atoms with Crippen LogP contribution in [0.3, 0.4) is 0 Å². The fourth-order valence-electron chi connectivity index (χ4n) is 2.89. The number of aryl methyl sites for hydroxylation is 1. The van der Waals surface area contributed by atoms with Gasteiger partial charge in [-0.05, 0) is 65.5 Å². The van der Waals surface area contributed by atoms with Gasteiger partial charge >= 0.3 is 17.9 Å². The van der Waals surface area contributed by atoms with Crippen LogP contribution >= 0.6 is 0 Å². The minimum Gasteiger partial charge on any atom is -0.444 e. The number of nitrogens with zero attached hydrogens (tertiary/aromatic N) is 2. The molecule has 1 aromatic heterocycles. The number of carbonyl (C=O) groups excluding carboxylic acids is 3. The number of rotatable bonds is 2. The van der Waals surface area contributed by atoms with E-state index in [4.69, 9.17) is 4.74 Å². The second-order valence-corrected chi connectivity index (χ2v) is 7.81. The topological polar surface area (TPSA) is 101 Å². The lowest BCUT2D eigenvalue weighted by Gasteiger charge is -2.32. The number of pyridine rings is 1. The largest absolute Gasteiger partial charge is 0.444 e. The average Bonchev–Trinajstić information content (AvgIpc) is 2.55. The van der Waals surface area contributed by atoms with Gasteiger partial charge in [-0.2, -0.15) is 0 Å². The predicted octanol–water partition coefficient (Wildman–Crippen LogP) is 3.08. The van der Waals surface area contributed by atoms with Crippen molar-refractivity contribution >= 4 is 29.4 Å². The van der Waals surface area contributed by atoms with Gasteiger partial charge in [0.1, 0.15) is 11.4 Å². The summed E-state index contributed by atoms with van der Waals surface area (Å²) in [4.78, 5) is 42.2. The molecule has 148 valence electrons. The molecular weight excluding hydrogens is 348 g/mol. The highest BCUT2D eigenvalue weighted by atomic mass is 16.6. The van der Waals surface area contributed by atoms with E-state index in [1.165, 1.54) is 6.20 Å². The van der Waals surface area contributed by atoms with Gasteiger partial charge < -0.3 is 15.0 Å². The molecule has 0 bridgehead atoms. The molecule has 0 radical (unpaired) electrons. The third kappa shape index (κ3) is 5.94. The van der Waals surface area contributed by atoms with Gasteiger partial charge in [0.2, 0.25) is 0 Å². The molecule has 0 unspecified atom stereocenters. The highest BCUT2D eigenvalue weighted by Gasteiger charge is 2.28. The Bertz CT molecular complexity index is 727. The van der Waals surface area contributed by atoms with E-state index in [-0.39, 0.29) is 6.04 Å². The number of ether oxygens (including phenoxy) is 1. The summed E-state index contributed by atoms with van der Waals surface area (Å²) in [6.07, 6.45) is 3.68. The van der Waals surface area contributed by atoms with Crippen molar-refractivity contribution in [1.29, 1.82) is 0 Å². The van der Waals surface area contributed by atoms with Crippen LogP contribution in [0.1, 0.15) is 52.5 Å². The molecule has 0 aliphatic carbocycles. The van der Waals surface area contributed by atoms with Crippen molar-refractivity contribution in [3.05, 3.63) is 17.8 Å². The van der Waals surface area contributed by atoms with Gasteiger partial charge in [-0.1, -0.05) is 0 Å². The Morgan fingerprint density at radius 2 is 1.93 bits per heavy atom. The number of piperidine rings is 1. The maximum absolute atomic E-state index is 12.4. The first kappa shape index (κ1) is 20.7. The first-order valence-electron chi connectivity index (χ1n) is 9.15. The molecule has 1 fully saturated rings. The van der Waals surface area contributed by atoms with Gasteiger partial charge in [0, 0.05) is 12.6 Å². The van der Waals surface area contributed by atoms with Gasteiger partial charge in [0.05, 0.1) is 11.9 Å². The second kappa shape index (κ2) is 8.37. The van der Waals surface area contributed by atoms with Crippen LogP contribution in [0.4, 0.5) is 16.3 Å². The van der Waals surface area contributed by atoms with Crippen LogP contribution in [0, 0.1) is 6.92 Å². The zero-order chi connectivity index (χ0) is 20.2. The Morgan fingerprint density at radius 3 is 2.52 bits per heavy atom. The van der Waals surface area contributed by atoms with E-state index in [2.05, 4.69) is 15.6 Å². The zero-order valence-electron chi connectivity index (χ0n) is 16.6. The van der Waals surface area contributed by atoms with E-state index in [1.54, 1.807) is 38.7 Å². The first-order valence-corrected chi connectivity index (χ1v) is 9.15. The minimum atomic E-state index is -0.683. The van der Waals surface area contributed by atoms with Gasteiger partial charge in [0.15, 0.2) is 0 Å². The van der Waals surface area contributed by atoms with E-state index < -0.39 is 23.5 Å². The Morgan fingerprint density at radius 1 is 1.22 bits per heavy atom. The van der Waals surface area contributed by atoms with Crippen molar-refractivity contribution in [2.24, 2.45) is 0 Å². The predicted molar refractivity (Wildman–Crippen MR) is 102 cm³/mol. The lowest BCUT2D eigenvalue weighted by Crippen LogP contribution is -2.47. The molecule has 2 heterocycles. The Balaban J connectivity index is 1.99. The van der Waals surface area contributed by atoms with Gasteiger partial charge in [0.25, 0.3) is 0 Å². The number of aromatic nitrogens is 1. The highest BCUT2D eigenvalue weighted by molar-refractivity contribution is 6.39. The van der Waals surface area contributed by atoms with Crippen LogP contribution in [0.15, 0.2) is 12.3 Å². The van der Waals surface area contributed by atoms with Gasteiger partial charge in [-0.15, -0.1) is 0 Å². The molecule has 8 heteroatoms. The molecule has 0 aromatic carbocycles. The van der Waals surface area contributed by atoms with Gasteiger partial charge in [-0.25, -0.2) is 9.78 Å². The molecule has 1 atom stereocenters. The van der Waals surface area contributed by atoms with Crippen LogP contribution in [0.25, 0.3) is 0 Å². The third-order valence-corrected chi connectivity index (χ3v) is 4.21. The molecule has 8 nitrogen and oxygen atoms in total. The number of likely N-dealkylation sites (tertiary alicyclic amines) is 1. The summed E-state index contributed by atoms with van der Waals surface area (Å²) >= 11 is 0. The summed E-state index contributed by atoms with van der Waals surface area (Å²) in [5, 5.41) is 5.15. The van der Waals surface area contributed by atoms with Crippen molar-refractivity contribution in [3.63, 3.8) is 0 Å². The van der Waals surface area contributed by atoms with Gasteiger partial charge in [-0.3, -0.25) is 14.9 Å². The molecule has 1 aliphatic heterocycles. The molecule has 3 amide bonds. The molecule has 2 rings (SSSR count). The highest BCUT2D eigenvalue weighted by Crippen LogP contribution is 2.19. The van der Waals surface area contributed by atoms with E-state index >= 15 is 0 Å². The standard InChI is InChI=1S/C19H28N4O4/c1-12-10-14(11-20-15(12)22-18(26)27-19(3,4)5)21-16(24)17(25)23-9-7-6-8-13(23)2/h10-11,13H,6-9H2,1-5H3,(H,21,24)(H,20,22,26)/t13-/m0/s1. The van der Waals surface area contributed by atoms with Crippen LogP contribution in [0.2, 0.25) is 0 Å². The average molecular weight is 376 g/mol. The van der Waals surface area contributed by atoms with Crippen molar-refractivity contribution in [1.82, 2.24) is 9.88 Å². The fraction of sp³-hybridized carbons (Fsp3) is 0.579. The summed E-state index contributed by atoms with van der Waals surface area (Å²) in [7, 11) is 0. The molecule has 1 aromatic rings. The van der Waals surface area contributed by atoms with E-state index in [9.17, 15) is 14.4 Å². The Kier molecular flexibility index (Phi) is 6.41. The lowest BCUT2D eigenvalue weighted by atomic mass is 10.0. The number of amides is 3. The molecular formula is C19H28N4O4. The lowest BCUT2D eigenvalue weighted by molar-refractivity contribution is -0.145. The molecule has 0 saturated carbocycles. The summed E-state index contributed by atoms with van der Waals surface area (Å²) in [6.45, 7) is 9.60. The van der Waals surface area contributed by atoms with Crippen molar-refractivity contribution in [2.45, 2.75) is 65.5 Å². The molecule has 1 saturated heterocycles. The first-order chi connectivity index (χ1) is 12.6. The maximum atomic E-state index is 12.4. The van der Waals surface area contributed by atoms with Crippen LogP contribution < -0.4 is 10.6 Å². The number of hydrogen-bond acceptors (Lipinski definition) is 5. The SMILES string of the molecule is Cc1cc(NC(=O)C(=O)N2CCCC[C@@H]2C)cnc1NC(=O)OC(C)(C)C. The Labute approximate surface area is 159 Å². The molecule has 0 spiro atoms. The Hall–Kier alpha value is -2.64. The number of anilines is 2.